The lowest BCUT2D eigenvalue weighted by Gasteiger charge is -2.31. The van der Waals surface area contributed by atoms with Crippen molar-refractivity contribution in [1.29, 1.82) is 0 Å². The largest absolute Gasteiger partial charge is 0.349 e. The summed E-state index contributed by atoms with van der Waals surface area (Å²) < 4.78 is 53.2. The van der Waals surface area contributed by atoms with Crippen LogP contribution in [0.25, 0.3) is 0 Å². The SMILES string of the molecule is O=C(NC1CCN(S(=O)(=O)c2cc(F)ccc2F)CC1)c1cccs1. The number of sulfonamides is 1. The molecule has 0 unspecified atom stereocenters. The number of benzene rings is 1. The predicted molar refractivity (Wildman–Crippen MR) is 89.9 cm³/mol. The number of carbonyl (C=O) groups excluding carboxylic acids is 1. The first kappa shape index (κ1) is 18.0. The lowest BCUT2D eigenvalue weighted by Crippen LogP contribution is -2.46. The fraction of sp³-hybridized carbons (Fsp3) is 0.312. The van der Waals surface area contributed by atoms with E-state index in [1.165, 1.54) is 11.3 Å². The van der Waals surface area contributed by atoms with Crippen molar-refractivity contribution < 1.29 is 22.0 Å². The summed E-state index contributed by atoms with van der Waals surface area (Å²) in [4.78, 5) is 12.0. The number of nitrogens with zero attached hydrogens (tertiary/aromatic N) is 1. The number of hydrogen-bond donors (Lipinski definition) is 1. The van der Waals surface area contributed by atoms with Gasteiger partial charge >= 0.3 is 0 Å². The molecule has 1 aliphatic heterocycles. The Bertz CT molecular complexity index is 862. The van der Waals surface area contributed by atoms with Gasteiger partial charge in [-0.15, -0.1) is 11.3 Å². The number of piperidine rings is 1. The smallest absolute Gasteiger partial charge is 0.261 e. The Morgan fingerprint density at radius 3 is 2.56 bits per heavy atom. The highest BCUT2D eigenvalue weighted by Gasteiger charge is 2.32. The Hall–Kier alpha value is -1.84. The van der Waals surface area contributed by atoms with E-state index >= 15 is 0 Å². The van der Waals surface area contributed by atoms with Gasteiger partial charge in [-0.1, -0.05) is 6.07 Å². The molecule has 0 aliphatic carbocycles. The summed E-state index contributed by atoms with van der Waals surface area (Å²) in [6.45, 7) is 0.265. The summed E-state index contributed by atoms with van der Waals surface area (Å²) in [6, 6.07) is 5.71. The summed E-state index contributed by atoms with van der Waals surface area (Å²) in [7, 11) is -4.10. The fourth-order valence-electron chi connectivity index (χ4n) is 2.72. The summed E-state index contributed by atoms with van der Waals surface area (Å²) in [5, 5.41) is 4.67. The zero-order valence-corrected chi connectivity index (χ0v) is 14.7. The van der Waals surface area contributed by atoms with Crippen molar-refractivity contribution in [1.82, 2.24) is 9.62 Å². The summed E-state index contributed by atoms with van der Waals surface area (Å²) in [6.07, 6.45) is 0.820. The fourth-order valence-corrected chi connectivity index (χ4v) is 4.89. The highest BCUT2D eigenvalue weighted by atomic mass is 32.2. The van der Waals surface area contributed by atoms with E-state index in [4.69, 9.17) is 0 Å². The zero-order chi connectivity index (χ0) is 18.0. The number of hydrogen-bond acceptors (Lipinski definition) is 4. The number of rotatable bonds is 4. The number of thiophene rings is 1. The maximum atomic E-state index is 13.8. The van der Waals surface area contributed by atoms with Crippen molar-refractivity contribution in [3.63, 3.8) is 0 Å². The van der Waals surface area contributed by atoms with Crippen LogP contribution in [0.3, 0.4) is 0 Å². The molecule has 0 spiro atoms. The van der Waals surface area contributed by atoms with Crippen molar-refractivity contribution >= 4 is 27.3 Å². The van der Waals surface area contributed by atoms with E-state index in [1.54, 1.807) is 17.5 Å². The Labute approximate surface area is 148 Å². The second-order valence-electron chi connectivity index (χ2n) is 5.70. The van der Waals surface area contributed by atoms with Crippen LogP contribution in [0.2, 0.25) is 0 Å². The van der Waals surface area contributed by atoms with Gasteiger partial charge in [-0.05, 0) is 42.5 Å². The molecule has 1 aromatic carbocycles. The minimum absolute atomic E-state index is 0.133. The molecule has 0 atom stereocenters. The molecule has 3 rings (SSSR count). The van der Waals surface area contributed by atoms with Gasteiger partial charge in [0.1, 0.15) is 16.5 Å². The van der Waals surface area contributed by atoms with E-state index in [9.17, 15) is 22.0 Å². The zero-order valence-electron chi connectivity index (χ0n) is 13.1. The third kappa shape index (κ3) is 3.88. The molecule has 9 heteroatoms. The molecule has 25 heavy (non-hydrogen) atoms. The third-order valence-corrected chi connectivity index (χ3v) is 6.83. The maximum absolute atomic E-state index is 13.8. The predicted octanol–water partition coefficient (Wildman–Crippen LogP) is 2.61. The van der Waals surface area contributed by atoms with Gasteiger partial charge in [0.15, 0.2) is 0 Å². The molecular weight excluding hydrogens is 370 g/mol. The van der Waals surface area contributed by atoms with Crippen molar-refractivity contribution in [3.05, 3.63) is 52.2 Å². The van der Waals surface area contributed by atoms with E-state index in [2.05, 4.69) is 5.32 Å². The lowest BCUT2D eigenvalue weighted by molar-refractivity contribution is 0.0928. The van der Waals surface area contributed by atoms with Crippen LogP contribution in [0, 0.1) is 11.6 Å². The third-order valence-electron chi connectivity index (χ3n) is 4.05. The average molecular weight is 386 g/mol. The van der Waals surface area contributed by atoms with Gasteiger partial charge < -0.3 is 5.32 Å². The highest BCUT2D eigenvalue weighted by molar-refractivity contribution is 7.89. The van der Waals surface area contributed by atoms with E-state index in [1.807, 2.05) is 0 Å². The van der Waals surface area contributed by atoms with Crippen molar-refractivity contribution in [2.24, 2.45) is 0 Å². The first-order valence-corrected chi connectivity index (χ1v) is 9.99. The van der Waals surface area contributed by atoms with E-state index in [-0.39, 0.29) is 25.0 Å². The lowest BCUT2D eigenvalue weighted by atomic mass is 10.1. The molecule has 1 aliphatic rings. The van der Waals surface area contributed by atoms with Gasteiger partial charge in [0, 0.05) is 19.1 Å². The summed E-state index contributed by atoms with van der Waals surface area (Å²) in [5.41, 5.74) is 0. The topological polar surface area (TPSA) is 66.5 Å². The molecule has 0 saturated carbocycles. The van der Waals surface area contributed by atoms with Crippen LogP contribution in [0.4, 0.5) is 8.78 Å². The van der Waals surface area contributed by atoms with Gasteiger partial charge in [-0.25, -0.2) is 17.2 Å². The normalized spacial score (nSPS) is 16.7. The van der Waals surface area contributed by atoms with Crippen LogP contribution in [0.5, 0.6) is 0 Å². The quantitative estimate of drug-likeness (QED) is 0.878. The van der Waals surface area contributed by atoms with Crippen molar-refractivity contribution in [3.8, 4) is 0 Å². The van der Waals surface area contributed by atoms with Gasteiger partial charge in [0.25, 0.3) is 5.91 Å². The minimum Gasteiger partial charge on any atom is -0.349 e. The number of nitrogens with one attached hydrogen (secondary N) is 1. The monoisotopic (exact) mass is 386 g/mol. The highest BCUT2D eigenvalue weighted by Crippen LogP contribution is 2.24. The van der Waals surface area contributed by atoms with E-state index in [0.29, 0.717) is 23.8 Å². The van der Waals surface area contributed by atoms with Crippen LogP contribution in [0.1, 0.15) is 22.5 Å². The second-order valence-corrected chi connectivity index (χ2v) is 8.56. The van der Waals surface area contributed by atoms with E-state index in [0.717, 1.165) is 16.4 Å². The first-order valence-electron chi connectivity index (χ1n) is 7.67. The van der Waals surface area contributed by atoms with Crippen LogP contribution in [-0.4, -0.2) is 37.8 Å². The van der Waals surface area contributed by atoms with Gasteiger partial charge in [-0.2, -0.15) is 4.31 Å². The van der Waals surface area contributed by atoms with Crippen LogP contribution >= 0.6 is 11.3 Å². The molecule has 1 aromatic heterocycles. The van der Waals surface area contributed by atoms with Crippen molar-refractivity contribution in [2.45, 2.75) is 23.8 Å². The molecule has 1 N–H and O–H groups in total. The molecule has 134 valence electrons. The summed E-state index contributed by atoms with van der Waals surface area (Å²) in [5.74, 6) is -1.97. The molecule has 2 aromatic rings. The molecule has 1 amide bonds. The molecule has 2 heterocycles. The average Bonchev–Trinajstić information content (AvgIpc) is 3.12. The molecule has 0 radical (unpaired) electrons. The van der Waals surface area contributed by atoms with Crippen LogP contribution < -0.4 is 5.32 Å². The Balaban J connectivity index is 1.65. The van der Waals surface area contributed by atoms with Crippen LogP contribution in [-0.2, 0) is 10.0 Å². The number of halogens is 2. The maximum Gasteiger partial charge on any atom is 0.261 e. The number of amides is 1. The molecular formula is C16H16F2N2O3S2. The first-order chi connectivity index (χ1) is 11.9. The van der Waals surface area contributed by atoms with Gasteiger partial charge in [0.05, 0.1) is 4.88 Å². The van der Waals surface area contributed by atoms with Gasteiger partial charge in [0.2, 0.25) is 10.0 Å². The molecule has 0 bridgehead atoms. The molecule has 1 fully saturated rings. The van der Waals surface area contributed by atoms with Gasteiger partial charge in [-0.3, -0.25) is 4.79 Å². The van der Waals surface area contributed by atoms with E-state index < -0.39 is 26.6 Å². The Morgan fingerprint density at radius 2 is 1.92 bits per heavy atom. The Kier molecular flexibility index (Phi) is 5.16. The minimum atomic E-state index is -4.10. The number of carbonyl (C=O) groups is 1. The van der Waals surface area contributed by atoms with Crippen LogP contribution in [0.15, 0.2) is 40.6 Å². The standard InChI is InChI=1S/C16H16F2N2O3S2/c17-11-3-4-13(18)15(10-11)25(22,23)20-7-5-12(6-8-20)19-16(21)14-2-1-9-24-14/h1-4,9-10,12H,5-8H2,(H,19,21). The Morgan fingerprint density at radius 1 is 1.20 bits per heavy atom. The molecule has 5 nitrogen and oxygen atoms in total. The second kappa shape index (κ2) is 7.19. The molecule has 1 saturated heterocycles. The van der Waals surface area contributed by atoms with Crippen molar-refractivity contribution in [2.75, 3.05) is 13.1 Å². The summed E-state index contributed by atoms with van der Waals surface area (Å²) >= 11 is 1.33.